The van der Waals surface area contributed by atoms with Gasteiger partial charge in [0.05, 0.1) is 12.3 Å². The van der Waals surface area contributed by atoms with E-state index >= 15 is 0 Å². The van der Waals surface area contributed by atoms with Crippen molar-refractivity contribution >= 4 is 57.7 Å². The lowest BCUT2D eigenvalue weighted by Gasteiger charge is -2.29. The Morgan fingerprint density at radius 1 is 1.15 bits per heavy atom. The van der Waals surface area contributed by atoms with E-state index in [2.05, 4.69) is 10.6 Å². The molecular weight excluding hydrogens is 452 g/mol. The van der Waals surface area contributed by atoms with Crippen molar-refractivity contribution in [1.29, 1.82) is 0 Å². The van der Waals surface area contributed by atoms with E-state index in [9.17, 15) is 14.4 Å². The summed E-state index contributed by atoms with van der Waals surface area (Å²) in [7, 11) is 1.57. The lowest BCUT2D eigenvalue weighted by Crippen LogP contribution is -2.54. The molecule has 2 aromatic carbocycles. The number of para-hydroxylation sites is 1. The van der Waals surface area contributed by atoms with Crippen LogP contribution in [0.4, 0.5) is 5.69 Å². The molecule has 0 spiro atoms. The summed E-state index contributed by atoms with van der Waals surface area (Å²) < 4.78 is 6.75. The van der Waals surface area contributed by atoms with Gasteiger partial charge in [0.1, 0.15) is 12.1 Å². The van der Waals surface area contributed by atoms with E-state index in [1.54, 1.807) is 36.1 Å². The minimum Gasteiger partial charge on any atom is -0.383 e. The van der Waals surface area contributed by atoms with Gasteiger partial charge in [-0.2, -0.15) is 0 Å². The molecule has 0 radical (unpaired) electrons. The molecule has 0 bridgehead atoms. The normalized spacial score (nSPS) is 15.2. The highest BCUT2D eigenvalue weighted by Gasteiger charge is 2.34. The van der Waals surface area contributed by atoms with Gasteiger partial charge in [-0.1, -0.05) is 35.9 Å². The third-order valence-corrected chi connectivity index (χ3v) is 5.74. The van der Waals surface area contributed by atoms with Crippen LogP contribution in [0.2, 0.25) is 0 Å². The Morgan fingerprint density at radius 2 is 1.88 bits per heavy atom. The Bertz CT molecular complexity index is 1310. The molecule has 0 atom stereocenters. The number of amides is 3. The van der Waals surface area contributed by atoms with Gasteiger partial charge in [0.15, 0.2) is 5.11 Å². The first-order valence-corrected chi connectivity index (χ1v) is 11.1. The standard InChI is InChI=1S/C25H24N4O4S/c1-16-7-9-18(10-8-16)29-24(32)20(23(31)27-25(29)34)13-17-14-28(15-22(30)26-11-12-33-2)21-6-4-3-5-19(17)21/h3-10,13-14H,11-12,15H2,1-2H3,(H,26,30)(H,27,31,34). The average Bonchev–Trinajstić information content (AvgIpc) is 3.15. The maximum atomic E-state index is 13.3. The third kappa shape index (κ3) is 4.75. The van der Waals surface area contributed by atoms with Gasteiger partial charge in [0.25, 0.3) is 11.8 Å². The highest BCUT2D eigenvalue weighted by atomic mass is 32.1. The fourth-order valence-corrected chi connectivity index (χ4v) is 4.05. The number of fused-ring (bicyclic) bond motifs is 1. The fourth-order valence-electron chi connectivity index (χ4n) is 3.77. The molecule has 8 nitrogen and oxygen atoms in total. The first-order chi connectivity index (χ1) is 16.4. The van der Waals surface area contributed by atoms with Crippen molar-refractivity contribution in [2.24, 2.45) is 0 Å². The Morgan fingerprint density at radius 3 is 2.62 bits per heavy atom. The van der Waals surface area contributed by atoms with Crippen LogP contribution in [0.3, 0.4) is 0 Å². The van der Waals surface area contributed by atoms with E-state index < -0.39 is 11.8 Å². The largest absolute Gasteiger partial charge is 0.383 e. The Labute approximate surface area is 202 Å². The maximum absolute atomic E-state index is 13.3. The quantitative estimate of drug-likeness (QED) is 0.237. The van der Waals surface area contributed by atoms with Gasteiger partial charge < -0.3 is 14.6 Å². The predicted molar refractivity (Wildman–Crippen MR) is 134 cm³/mol. The first kappa shape index (κ1) is 23.3. The zero-order valence-electron chi connectivity index (χ0n) is 18.8. The van der Waals surface area contributed by atoms with Gasteiger partial charge >= 0.3 is 0 Å². The molecule has 3 amide bonds. The molecule has 0 saturated carbocycles. The summed E-state index contributed by atoms with van der Waals surface area (Å²) in [6.45, 7) is 2.87. The van der Waals surface area contributed by atoms with Crippen molar-refractivity contribution in [3.05, 3.63) is 71.4 Å². The number of ether oxygens (including phenoxy) is 1. The van der Waals surface area contributed by atoms with E-state index in [1.165, 1.54) is 4.90 Å². The summed E-state index contributed by atoms with van der Waals surface area (Å²) >= 11 is 5.27. The summed E-state index contributed by atoms with van der Waals surface area (Å²) in [5.74, 6) is -1.24. The minimum atomic E-state index is -0.562. The monoisotopic (exact) mass is 476 g/mol. The summed E-state index contributed by atoms with van der Waals surface area (Å²) in [5.41, 5.74) is 3.03. The SMILES string of the molecule is COCCNC(=O)Cn1cc(C=C2C(=O)NC(=S)N(c3ccc(C)cc3)C2=O)c2ccccc21. The van der Waals surface area contributed by atoms with Gasteiger partial charge in [-0.05, 0) is 43.4 Å². The molecular formula is C25H24N4O4S. The lowest BCUT2D eigenvalue weighted by atomic mass is 10.1. The maximum Gasteiger partial charge on any atom is 0.270 e. The van der Waals surface area contributed by atoms with Crippen molar-refractivity contribution in [2.75, 3.05) is 25.2 Å². The molecule has 1 aliphatic rings. The molecule has 4 rings (SSSR count). The number of anilines is 1. The number of carbonyl (C=O) groups is 3. The smallest absolute Gasteiger partial charge is 0.270 e. The summed E-state index contributed by atoms with van der Waals surface area (Å²) in [5, 5.41) is 6.25. The van der Waals surface area contributed by atoms with Crippen molar-refractivity contribution in [2.45, 2.75) is 13.5 Å². The number of carbonyl (C=O) groups excluding carboxylic acids is 3. The second-order valence-electron chi connectivity index (χ2n) is 7.87. The highest BCUT2D eigenvalue weighted by molar-refractivity contribution is 7.80. The molecule has 174 valence electrons. The third-order valence-electron chi connectivity index (χ3n) is 5.46. The molecule has 2 heterocycles. The van der Waals surface area contributed by atoms with Gasteiger partial charge in [0, 0.05) is 36.3 Å². The Kier molecular flexibility index (Phi) is 6.85. The molecule has 3 aromatic rings. The topological polar surface area (TPSA) is 92.7 Å². The molecule has 34 heavy (non-hydrogen) atoms. The van der Waals surface area contributed by atoms with E-state index in [-0.39, 0.29) is 23.1 Å². The van der Waals surface area contributed by atoms with Crippen molar-refractivity contribution in [3.63, 3.8) is 0 Å². The molecule has 1 saturated heterocycles. The molecule has 0 unspecified atom stereocenters. The van der Waals surface area contributed by atoms with E-state index in [4.69, 9.17) is 17.0 Å². The first-order valence-electron chi connectivity index (χ1n) is 10.7. The van der Waals surface area contributed by atoms with Crippen molar-refractivity contribution < 1.29 is 19.1 Å². The van der Waals surface area contributed by atoms with Crippen LogP contribution in [0.1, 0.15) is 11.1 Å². The highest BCUT2D eigenvalue weighted by Crippen LogP contribution is 2.27. The molecule has 1 aromatic heterocycles. The number of aromatic nitrogens is 1. The molecule has 1 aliphatic heterocycles. The van der Waals surface area contributed by atoms with E-state index in [0.29, 0.717) is 24.4 Å². The second-order valence-corrected chi connectivity index (χ2v) is 8.25. The van der Waals surface area contributed by atoms with Crippen LogP contribution in [-0.4, -0.2) is 47.7 Å². The number of aryl methyl sites for hydroxylation is 1. The molecule has 9 heteroatoms. The Balaban J connectivity index is 1.69. The van der Waals surface area contributed by atoms with Gasteiger partial charge in [-0.25, -0.2) is 0 Å². The van der Waals surface area contributed by atoms with Crippen LogP contribution in [0.25, 0.3) is 17.0 Å². The predicted octanol–water partition coefficient (Wildman–Crippen LogP) is 2.54. The van der Waals surface area contributed by atoms with Gasteiger partial charge in [-0.15, -0.1) is 0 Å². The van der Waals surface area contributed by atoms with Crippen LogP contribution >= 0.6 is 12.2 Å². The van der Waals surface area contributed by atoms with E-state index in [1.807, 2.05) is 43.3 Å². The van der Waals surface area contributed by atoms with E-state index in [0.717, 1.165) is 16.5 Å². The summed E-state index contributed by atoms with van der Waals surface area (Å²) in [6.07, 6.45) is 3.31. The number of methoxy groups -OCH3 is 1. The van der Waals surface area contributed by atoms with Gasteiger partial charge in [-0.3, -0.25) is 24.6 Å². The lowest BCUT2D eigenvalue weighted by molar-refractivity contribution is -0.123. The average molecular weight is 477 g/mol. The van der Waals surface area contributed by atoms with Crippen LogP contribution in [0, 0.1) is 6.92 Å². The zero-order chi connectivity index (χ0) is 24.2. The molecule has 1 fully saturated rings. The molecule has 2 N–H and O–H groups in total. The number of benzene rings is 2. The zero-order valence-corrected chi connectivity index (χ0v) is 19.6. The van der Waals surface area contributed by atoms with Gasteiger partial charge in [0.2, 0.25) is 5.91 Å². The summed E-state index contributed by atoms with van der Waals surface area (Å²) in [6, 6.07) is 14.8. The number of nitrogens with zero attached hydrogens (tertiary/aromatic N) is 2. The number of thiocarbonyl (C=S) groups is 1. The second kappa shape index (κ2) is 9.98. The van der Waals surface area contributed by atoms with Crippen LogP contribution in [-0.2, 0) is 25.7 Å². The summed E-state index contributed by atoms with van der Waals surface area (Å²) in [4.78, 5) is 39.7. The number of nitrogens with one attached hydrogen (secondary N) is 2. The number of hydrogen-bond donors (Lipinski definition) is 2. The van der Waals surface area contributed by atoms with Crippen molar-refractivity contribution in [3.8, 4) is 0 Å². The number of rotatable bonds is 7. The number of hydrogen-bond acceptors (Lipinski definition) is 5. The van der Waals surface area contributed by atoms with Crippen LogP contribution < -0.4 is 15.5 Å². The van der Waals surface area contributed by atoms with Crippen molar-refractivity contribution in [1.82, 2.24) is 15.2 Å². The molecule has 0 aliphatic carbocycles. The van der Waals surface area contributed by atoms with Crippen LogP contribution in [0.5, 0.6) is 0 Å². The minimum absolute atomic E-state index is 0.0335. The van der Waals surface area contributed by atoms with Crippen LogP contribution in [0.15, 0.2) is 60.3 Å². The Hall–Kier alpha value is -3.82. The fraction of sp³-hybridized carbons (Fsp3) is 0.200.